The molecule has 9 heteroatoms. The van der Waals surface area contributed by atoms with Gasteiger partial charge < -0.3 is 19.3 Å². The van der Waals surface area contributed by atoms with Crippen molar-refractivity contribution < 1.29 is 32.9 Å². The van der Waals surface area contributed by atoms with E-state index in [1.807, 2.05) is 91.0 Å². The molecule has 1 aliphatic rings. The third-order valence-corrected chi connectivity index (χ3v) is 8.18. The van der Waals surface area contributed by atoms with E-state index < -0.39 is 47.8 Å². The molecule has 254 valence electrons. The van der Waals surface area contributed by atoms with Crippen LogP contribution in [0.25, 0.3) is 0 Å². The summed E-state index contributed by atoms with van der Waals surface area (Å²) in [5.41, 5.74) is 2.62. The third-order valence-electron chi connectivity index (χ3n) is 8.18. The molecule has 5 rings (SSSR count). The van der Waals surface area contributed by atoms with Gasteiger partial charge in [0.2, 0.25) is 0 Å². The molecule has 0 spiro atoms. The van der Waals surface area contributed by atoms with Crippen molar-refractivity contribution in [2.24, 2.45) is 0 Å². The molecule has 1 saturated heterocycles. The molecule has 1 N–H and O–H groups in total. The second-order valence-corrected chi connectivity index (χ2v) is 13.2. The maximum absolute atomic E-state index is 14.7. The van der Waals surface area contributed by atoms with E-state index in [2.05, 4.69) is 4.90 Å². The number of carbonyl (C=O) groups excluding carboxylic acids is 1. The molecule has 1 aliphatic heterocycles. The Morgan fingerprint density at radius 2 is 1.38 bits per heavy atom. The summed E-state index contributed by atoms with van der Waals surface area (Å²) in [6, 6.07) is 31.8. The summed E-state index contributed by atoms with van der Waals surface area (Å²) in [5.74, 6) is -1.36. The molecule has 4 aromatic rings. The molecule has 4 atom stereocenters. The molecule has 1 heterocycles. The first kappa shape index (κ1) is 35.2. The van der Waals surface area contributed by atoms with Crippen molar-refractivity contribution in [2.45, 2.75) is 77.0 Å². The van der Waals surface area contributed by atoms with Gasteiger partial charge in [-0.2, -0.15) is 0 Å². The molecular weight excluding hydrogens is 614 g/mol. The van der Waals surface area contributed by atoms with E-state index in [1.165, 1.54) is 17.0 Å². The van der Waals surface area contributed by atoms with Gasteiger partial charge in [-0.1, -0.05) is 91.0 Å². The number of hydrogen-bond acceptors (Lipinski definition) is 6. The number of morpholine rings is 1. The highest BCUT2D eigenvalue weighted by atomic mass is 19.1. The van der Waals surface area contributed by atoms with E-state index in [9.17, 15) is 18.7 Å². The van der Waals surface area contributed by atoms with Gasteiger partial charge in [-0.3, -0.25) is 9.80 Å². The number of rotatable bonds is 12. The highest BCUT2D eigenvalue weighted by Gasteiger charge is 2.44. The van der Waals surface area contributed by atoms with Crippen LogP contribution in [0.5, 0.6) is 0 Å². The minimum Gasteiger partial charge on any atom is -0.444 e. The highest BCUT2D eigenvalue weighted by molar-refractivity contribution is 5.69. The van der Waals surface area contributed by atoms with Crippen LogP contribution in [0.1, 0.15) is 43.0 Å². The number of ether oxygens (including phenoxy) is 3. The van der Waals surface area contributed by atoms with Gasteiger partial charge in [0.15, 0.2) is 6.29 Å². The Morgan fingerprint density at radius 3 is 1.90 bits per heavy atom. The topological polar surface area (TPSA) is 71.5 Å². The fourth-order valence-electron chi connectivity index (χ4n) is 6.05. The van der Waals surface area contributed by atoms with Gasteiger partial charge in [-0.05, 0) is 61.6 Å². The van der Waals surface area contributed by atoms with Gasteiger partial charge in [0.05, 0.1) is 31.9 Å². The van der Waals surface area contributed by atoms with Crippen molar-refractivity contribution >= 4 is 6.09 Å². The number of hydrogen-bond donors (Lipinski definition) is 1. The SMILES string of the molecule is CC(C)(C)OC(=O)N1CC(O)OC[C@@H]1[C@@H](OCc1ccccc1)[C@H](Cc1cc(F)cc(F)c1)N(Cc1ccccc1)Cc1ccccc1. The molecular formula is C39H44F2N2O5. The van der Waals surface area contributed by atoms with Gasteiger partial charge in [0, 0.05) is 25.2 Å². The Balaban J connectivity index is 1.63. The van der Waals surface area contributed by atoms with Gasteiger partial charge in [-0.25, -0.2) is 13.6 Å². The number of β-amino-alcohol motifs (C(OH)–C–C–N with tert-alkyl or cyclic N) is 1. The molecule has 1 amide bonds. The summed E-state index contributed by atoms with van der Waals surface area (Å²) in [6.45, 7) is 6.32. The highest BCUT2D eigenvalue weighted by Crippen LogP contribution is 2.29. The predicted octanol–water partition coefficient (Wildman–Crippen LogP) is 7.12. The number of nitrogens with zero attached hydrogens (tertiary/aromatic N) is 2. The predicted molar refractivity (Wildman–Crippen MR) is 180 cm³/mol. The fraction of sp³-hybridized carbons (Fsp3) is 0.359. The standard InChI is InChI=1S/C39H44F2N2O5/c1-39(2,3)48-38(45)43-25-36(44)46-27-35(43)37(47-26-30-17-11-6-12-18-30)34(21-31-19-32(40)22-33(41)20-31)42(23-28-13-7-4-8-14-28)24-29-15-9-5-10-16-29/h4-20,22,34-37,44H,21,23-27H2,1-3H3/t34-,35+,36?,37-/m0/s1. The van der Waals surface area contributed by atoms with Crippen LogP contribution in [0, 0.1) is 11.6 Å². The largest absolute Gasteiger partial charge is 0.444 e. The Bertz CT molecular complexity index is 1530. The molecule has 4 aromatic carbocycles. The van der Waals surface area contributed by atoms with Crippen molar-refractivity contribution in [1.29, 1.82) is 0 Å². The first-order valence-corrected chi connectivity index (χ1v) is 16.3. The lowest BCUT2D eigenvalue weighted by atomic mass is 9.92. The fourth-order valence-corrected chi connectivity index (χ4v) is 6.05. The van der Waals surface area contributed by atoms with Crippen LogP contribution in [0.3, 0.4) is 0 Å². The summed E-state index contributed by atoms with van der Waals surface area (Å²) in [7, 11) is 0. The lowest BCUT2D eigenvalue weighted by Gasteiger charge is -2.46. The van der Waals surface area contributed by atoms with Gasteiger partial charge in [0.25, 0.3) is 0 Å². The van der Waals surface area contributed by atoms with E-state index in [0.717, 1.165) is 22.8 Å². The molecule has 0 aliphatic carbocycles. The molecule has 0 saturated carbocycles. The first-order chi connectivity index (χ1) is 23.0. The van der Waals surface area contributed by atoms with Crippen molar-refractivity contribution in [2.75, 3.05) is 13.2 Å². The van der Waals surface area contributed by atoms with Crippen molar-refractivity contribution in [3.05, 3.63) is 143 Å². The van der Waals surface area contributed by atoms with Crippen LogP contribution in [0.15, 0.2) is 109 Å². The zero-order valence-corrected chi connectivity index (χ0v) is 27.7. The number of carbonyl (C=O) groups is 1. The monoisotopic (exact) mass is 658 g/mol. The van der Waals surface area contributed by atoms with Crippen LogP contribution in [0.2, 0.25) is 0 Å². The van der Waals surface area contributed by atoms with Gasteiger partial charge >= 0.3 is 6.09 Å². The first-order valence-electron chi connectivity index (χ1n) is 16.3. The number of halogens is 2. The molecule has 1 unspecified atom stereocenters. The lowest BCUT2D eigenvalue weighted by Crippen LogP contribution is -2.63. The number of amides is 1. The minimum absolute atomic E-state index is 0.0433. The van der Waals surface area contributed by atoms with Crippen LogP contribution in [-0.4, -0.2) is 64.2 Å². The van der Waals surface area contributed by atoms with Crippen molar-refractivity contribution in [3.8, 4) is 0 Å². The molecule has 1 fully saturated rings. The Hall–Kier alpha value is -4.15. The van der Waals surface area contributed by atoms with Crippen molar-refractivity contribution in [1.82, 2.24) is 9.80 Å². The average molecular weight is 659 g/mol. The maximum Gasteiger partial charge on any atom is 0.410 e. The van der Waals surface area contributed by atoms with Crippen LogP contribution in [0.4, 0.5) is 13.6 Å². The van der Waals surface area contributed by atoms with Crippen LogP contribution in [-0.2, 0) is 40.3 Å². The number of aliphatic hydroxyl groups is 1. The quantitative estimate of drug-likeness (QED) is 0.175. The van der Waals surface area contributed by atoms with Gasteiger partial charge in [0.1, 0.15) is 17.2 Å². The van der Waals surface area contributed by atoms with E-state index in [0.29, 0.717) is 18.7 Å². The summed E-state index contributed by atoms with van der Waals surface area (Å²) in [5, 5.41) is 10.6. The minimum atomic E-state index is -1.22. The molecule has 0 aromatic heterocycles. The molecule has 48 heavy (non-hydrogen) atoms. The average Bonchev–Trinajstić information content (AvgIpc) is 3.04. The summed E-state index contributed by atoms with van der Waals surface area (Å²) >= 11 is 0. The second kappa shape index (κ2) is 16.3. The van der Waals surface area contributed by atoms with Crippen LogP contribution < -0.4 is 0 Å². The zero-order chi connectivity index (χ0) is 34.1. The van der Waals surface area contributed by atoms with E-state index >= 15 is 0 Å². The summed E-state index contributed by atoms with van der Waals surface area (Å²) in [4.78, 5) is 17.4. The Morgan fingerprint density at radius 1 is 0.854 bits per heavy atom. The smallest absolute Gasteiger partial charge is 0.410 e. The van der Waals surface area contributed by atoms with E-state index in [1.54, 1.807) is 20.8 Å². The number of benzene rings is 4. The lowest BCUT2D eigenvalue weighted by molar-refractivity contribution is -0.190. The zero-order valence-electron chi connectivity index (χ0n) is 27.7. The maximum atomic E-state index is 14.7. The third kappa shape index (κ3) is 10.2. The second-order valence-electron chi connectivity index (χ2n) is 13.2. The summed E-state index contributed by atoms with van der Waals surface area (Å²) in [6.07, 6.45) is -2.40. The molecule has 7 nitrogen and oxygen atoms in total. The van der Waals surface area contributed by atoms with E-state index in [-0.39, 0.29) is 26.2 Å². The molecule has 0 bridgehead atoms. The summed E-state index contributed by atoms with van der Waals surface area (Å²) < 4.78 is 47.7. The number of aliphatic hydroxyl groups excluding tert-OH is 1. The molecule has 0 radical (unpaired) electrons. The van der Waals surface area contributed by atoms with Crippen molar-refractivity contribution in [3.63, 3.8) is 0 Å². The normalized spacial score (nSPS) is 18.0. The van der Waals surface area contributed by atoms with Gasteiger partial charge in [-0.15, -0.1) is 0 Å². The Kier molecular flexibility index (Phi) is 11.9. The van der Waals surface area contributed by atoms with E-state index in [4.69, 9.17) is 14.2 Å². The van der Waals surface area contributed by atoms with Crippen LogP contribution >= 0.6 is 0 Å². The Labute approximate surface area is 281 Å².